The Morgan fingerprint density at radius 2 is 1.50 bits per heavy atom. The zero-order valence-corrected chi connectivity index (χ0v) is 18.2. The number of amides is 3. The zero-order valence-electron chi connectivity index (χ0n) is 18.2. The number of likely N-dealkylation sites (tertiary alicyclic amines) is 2. The molecule has 7 heteroatoms. The molecule has 2 aliphatic rings. The van der Waals surface area contributed by atoms with Crippen LogP contribution in [0.5, 0.6) is 5.75 Å². The number of ether oxygens (including phenoxy) is 1. The highest BCUT2D eigenvalue weighted by Crippen LogP contribution is 2.25. The van der Waals surface area contributed by atoms with Crippen molar-refractivity contribution in [3.63, 3.8) is 0 Å². The van der Waals surface area contributed by atoms with E-state index in [0.29, 0.717) is 37.2 Å². The third kappa shape index (κ3) is 5.12. The van der Waals surface area contributed by atoms with Crippen molar-refractivity contribution in [3.8, 4) is 5.75 Å². The van der Waals surface area contributed by atoms with E-state index in [-0.39, 0.29) is 29.6 Å². The molecule has 2 saturated heterocycles. The van der Waals surface area contributed by atoms with Crippen molar-refractivity contribution in [1.29, 1.82) is 0 Å². The topological polar surface area (TPSA) is 79.0 Å². The second-order valence-electron chi connectivity index (χ2n) is 8.53. The van der Waals surface area contributed by atoms with Crippen molar-refractivity contribution in [2.75, 3.05) is 33.3 Å². The van der Waals surface area contributed by atoms with Crippen LogP contribution in [0.25, 0.3) is 0 Å². The number of carbonyl (C=O) groups excluding carboxylic acids is 3. The van der Waals surface area contributed by atoms with Gasteiger partial charge >= 0.3 is 0 Å². The Morgan fingerprint density at radius 3 is 2.03 bits per heavy atom. The van der Waals surface area contributed by atoms with Gasteiger partial charge in [0.25, 0.3) is 5.91 Å². The average Bonchev–Trinajstić information content (AvgIpc) is 3.31. The first-order valence-corrected chi connectivity index (χ1v) is 10.9. The van der Waals surface area contributed by atoms with Crippen LogP contribution in [0.15, 0.2) is 24.3 Å². The van der Waals surface area contributed by atoms with E-state index in [1.54, 1.807) is 31.4 Å². The summed E-state index contributed by atoms with van der Waals surface area (Å²) in [7, 11) is 1.58. The Kier molecular flexibility index (Phi) is 7.34. The van der Waals surface area contributed by atoms with Crippen molar-refractivity contribution < 1.29 is 19.1 Å². The standard InChI is InChI=1S/C23H33N3O4/c1-16(2)22(28)26-14-10-17(11-15-26)20(23(29)25-12-4-5-13-25)24-21(27)18-6-8-19(30-3)9-7-18/h6-9,16-17,20H,4-5,10-15H2,1-3H3,(H,24,27). The van der Waals surface area contributed by atoms with Gasteiger partial charge < -0.3 is 19.9 Å². The fraction of sp³-hybridized carbons (Fsp3) is 0.609. The maximum absolute atomic E-state index is 13.2. The van der Waals surface area contributed by atoms with Crippen LogP contribution in [0.1, 0.15) is 49.9 Å². The van der Waals surface area contributed by atoms with Gasteiger partial charge in [0.2, 0.25) is 11.8 Å². The average molecular weight is 416 g/mol. The second-order valence-corrected chi connectivity index (χ2v) is 8.53. The van der Waals surface area contributed by atoms with Gasteiger partial charge in [0.1, 0.15) is 11.8 Å². The van der Waals surface area contributed by atoms with Gasteiger partial charge in [-0.2, -0.15) is 0 Å². The van der Waals surface area contributed by atoms with Gasteiger partial charge in [-0.3, -0.25) is 14.4 Å². The van der Waals surface area contributed by atoms with Gasteiger partial charge in [0, 0.05) is 37.7 Å². The molecule has 2 heterocycles. The van der Waals surface area contributed by atoms with Gasteiger partial charge in [-0.1, -0.05) is 13.8 Å². The summed E-state index contributed by atoms with van der Waals surface area (Å²) < 4.78 is 5.15. The molecule has 0 bridgehead atoms. The number of rotatable bonds is 6. The van der Waals surface area contributed by atoms with Gasteiger partial charge in [-0.25, -0.2) is 0 Å². The largest absolute Gasteiger partial charge is 0.497 e. The van der Waals surface area contributed by atoms with Crippen molar-refractivity contribution in [3.05, 3.63) is 29.8 Å². The molecule has 7 nitrogen and oxygen atoms in total. The number of nitrogens with one attached hydrogen (secondary N) is 1. The lowest BCUT2D eigenvalue weighted by Crippen LogP contribution is -2.54. The summed E-state index contributed by atoms with van der Waals surface area (Å²) in [5, 5.41) is 3.01. The molecule has 0 aromatic heterocycles. The molecule has 1 atom stereocenters. The summed E-state index contributed by atoms with van der Waals surface area (Å²) in [6.07, 6.45) is 3.44. The van der Waals surface area contributed by atoms with Crippen LogP contribution in [0, 0.1) is 11.8 Å². The number of nitrogens with zero attached hydrogens (tertiary/aromatic N) is 2. The molecular formula is C23H33N3O4. The summed E-state index contributed by atoms with van der Waals surface area (Å²) in [4.78, 5) is 42.2. The van der Waals surface area contributed by atoms with Crippen molar-refractivity contribution in [2.24, 2.45) is 11.8 Å². The number of benzene rings is 1. The third-order valence-electron chi connectivity index (χ3n) is 6.14. The van der Waals surface area contributed by atoms with E-state index in [4.69, 9.17) is 4.74 Å². The number of carbonyl (C=O) groups is 3. The fourth-order valence-corrected chi connectivity index (χ4v) is 4.30. The number of methoxy groups -OCH3 is 1. The Morgan fingerprint density at radius 1 is 0.933 bits per heavy atom. The van der Waals surface area contributed by atoms with E-state index in [9.17, 15) is 14.4 Å². The molecular weight excluding hydrogens is 382 g/mol. The first-order valence-electron chi connectivity index (χ1n) is 10.9. The van der Waals surface area contributed by atoms with Gasteiger partial charge in [0.15, 0.2) is 0 Å². The van der Waals surface area contributed by atoms with Crippen LogP contribution in [0.2, 0.25) is 0 Å². The van der Waals surface area contributed by atoms with E-state index in [1.165, 1.54) is 0 Å². The van der Waals surface area contributed by atoms with Crippen molar-refractivity contribution >= 4 is 17.7 Å². The van der Waals surface area contributed by atoms with Gasteiger partial charge in [-0.15, -0.1) is 0 Å². The maximum atomic E-state index is 13.2. The first-order chi connectivity index (χ1) is 14.4. The quantitative estimate of drug-likeness (QED) is 0.773. The lowest BCUT2D eigenvalue weighted by Gasteiger charge is -2.37. The molecule has 1 unspecified atom stereocenters. The minimum Gasteiger partial charge on any atom is -0.497 e. The van der Waals surface area contributed by atoms with Gasteiger partial charge in [0.05, 0.1) is 7.11 Å². The number of hydrogen-bond donors (Lipinski definition) is 1. The van der Waals surface area contributed by atoms with E-state index in [1.807, 2.05) is 23.6 Å². The highest BCUT2D eigenvalue weighted by Gasteiger charge is 2.37. The summed E-state index contributed by atoms with van der Waals surface area (Å²) in [5.41, 5.74) is 0.502. The van der Waals surface area contributed by atoms with Crippen LogP contribution < -0.4 is 10.1 Å². The molecule has 2 fully saturated rings. The molecule has 164 valence electrons. The normalized spacial score (nSPS) is 18.4. The lowest BCUT2D eigenvalue weighted by molar-refractivity contribution is -0.137. The Bertz CT molecular complexity index is 748. The van der Waals surface area contributed by atoms with E-state index >= 15 is 0 Å². The van der Waals surface area contributed by atoms with Crippen LogP contribution in [-0.4, -0.2) is 66.9 Å². The van der Waals surface area contributed by atoms with E-state index in [0.717, 1.165) is 25.9 Å². The molecule has 0 spiro atoms. The lowest BCUT2D eigenvalue weighted by atomic mass is 9.87. The van der Waals surface area contributed by atoms with Crippen LogP contribution >= 0.6 is 0 Å². The summed E-state index contributed by atoms with van der Waals surface area (Å²) in [6, 6.07) is 6.32. The number of piperidine rings is 1. The van der Waals surface area contributed by atoms with Crippen LogP contribution in [-0.2, 0) is 9.59 Å². The first kappa shape index (κ1) is 22.1. The second kappa shape index (κ2) is 9.96. The highest BCUT2D eigenvalue weighted by molar-refractivity contribution is 5.97. The fourth-order valence-electron chi connectivity index (χ4n) is 4.30. The maximum Gasteiger partial charge on any atom is 0.251 e. The predicted octanol–water partition coefficient (Wildman–Crippen LogP) is 2.31. The van der Waals surface area contributed by atoms with E-state index < -0.39 is 6.04 Å². The molecule has 1 N–H and O–H groups in total. The monoisotopic (exact) mass is 415 g/mol. The molecule has 1 aromatic rings. The molecule has 0 radical (unpaired) electrons. The number of hydrogen-bond acceptors (Lipinski definition) is 4. The minimum atomic E-state index is -0.561. The zero-order chi connectivity index (χ0) is 21.7. The molecule has 0 saturated carbocycles. The van der Waals surface area contributed by atoms with Crippen molar-refractivity contribution in [2.45, 2.75) is 45.6 Å². The highest BCUT2D eigenvalue weighted by atomic mass is 16.5. The van der Waals surface area contributed by atoms with Crippen LogP contribution in [0.4, 0.5) is 0 Å². The molecule has 3 amide bonds. The predicted molar refractivity (Wildman–Crippen MR) is 114 cm³/mol. The Labute approximate surface area is 178 Å². The van der Waals surface area contributed by atoms with E-state index in [2.05, 4.69) is 5.32 Å². The van der Waals surface area contributed by atoms with Gasteiger partial charge in [-0.05, 0) is 55.9 Å². The van der Waals surface area contributed by atoms with Crippen molar-refractivity contribution in [1.82, 2.24) is 15.1 Å². The molecule has 30 heavy (non-hydrogen) atoms. The third-order valence-corrected chi connectivity index (χ3v) is 6.14. The molecule has 0 aliphatic carbocycles. The summed E-state index contributed by atoms with van der Waals surface area (Å²) in [6.45, 7) is 6.57. The smallest absolute Gasteiger partial charge is 0.251 e. The Hall–Kier alpha value is -2.57. The molecule has 3 rings (SSSR count). The minimum absolute atomic E-state index is 0.00278. The SMILES string of the molecule is COc1ccc(C(=O)NC(C(=O)N2CCCC2)C2CCN(C(=O)C(C)C)CC2)cc1. The Balaban J connectivity index is 1.71. The summed E-state index contributed by atoms with van der Waals surface area (Å²) >= 11 is 0. The molecule has 2 aliphatic heterocycles. The van der Waals surface area contributed by atoms with Crippen LogP contribution in [0.3, 0.4) is 0 Å². The summed E-state index contributed by atoms with van der Waals surface area (Å²) in [5.74, 6) is 0.574. The molecule has 1 aromatic carbocycles.